The number of rotatable bonds is 8. The van der Waals surface area contributed by atoms with Gasteiger partial charge in [0, 0.05) is 12.1 Å². The number of nitrogens with one attached hydrogen (secondary N) is 1. The third kappa shape index (κ3) is 5.34. The standard InChI is InChI=1S/C15H31N/c1-4-5-6-7-8-11-14(3)16-15-12-9-10-13(15)2/h13-16H,4-12H2,1-3H3. The molecule has 0 spiro atoms. The highest BCUT2D eigenvalue weighted by atomic mass is 15.0. The lowest BCUT2D eigenvalue weighted by atomic mass is 10.0. The summed E-state index contributed by atoms with van der Waals surface area (Å²) in [4.78, 5) is 0. The van der Waals surface area contributed by atoms with Crippen molar-refractivity contribution in [3.63, 3.8) is 0 Å². The second-order valence-corrected chi connectivity index (χ2v) is 5.79. The van der Waals surface area contributed by atoms with Crippen molar-refractivity contribution in [1.82, 2.24) is 5.32 Å². The molecule has 1 rings (SSSR count). The quantitative estimate of drug-likeness (QED) is 0.599. The van der Waals surface area contributed by atoms with Gasteiger partial charge in [0.05, 0.1) is 0 Å². The minimum absolute atomic E-state index is 0.729. The van der Waals surface area contributed by atoms with E-state index in [2.05, 4.69) is 26.1 Å². The second-order valence-electron chi connectivity index (χ2n) is 5.79. The molecule has 1 fully saturated rings. The third-order valence-electron chi connectivity index (χ3n) is 4.10. The maximum atomic E-state index is 3.82. The Morgan fingerprint density at radius 2 is 1.88 bits per heavy atom. The Bertz CT molecular complexity index is 167. The van der Waals surface area contributed by atoms with Crippen molar-refractivity contribution in [3.05, 3.63) is 0 Å². The van der Waals surface area contributed by atoms with Gasteiger partial charge in [-0.1, -0.05) is 52.4 Å². The zero-order valence-electron chi connectivity index (χ0n) is 11.6. The van der Waals surface area contributed by atoms with Gasteiger partial charge >= 0.3 is 0 Å². The maximum Gasteiger partial charge on any atom is 0.00951 e. The molecule has 16 heavy (non-hydrogen) atoms. The third-order valence-corrected chi connectivity index (χ3v) is 4.10. The summed E-state index contributed by atoms with van der Waals surface area (Å²) in [5.41, 5.74) is 0. The van der Waals surface area contributed by atoms with Crippen LogP contribution in [0.15, 0.2) is 0 Å². The van der Waals surface area contributed by atoms with Gasteiger partial charge in [0.1, 0.15) is 0 Å². The van der Waals surface area contributed by atoms with Gasteiger partial charge in [-0.15, -0.1) is 0 Å². The van der Waals surface area contributed by atoms with Gasteiger partial charge in [-0.25, -0.2) is 0 Å². The van der Waals surface area contributed by atoms with Crippen molar-refractivity contribution in [1.29, 1.82) is 0 Å². The molecule has 0 aromatic rings. The summed E-state index contributed by atoms with van der Waals surface area (Å²) in [6.45, 7) is 7.05. The minimum Gasteiger partial charge on any atom is -0.311 e. The lowest BCUT2D eigenvalue weighted by Gasteiger charge is -2.22. The molecule has 3 unspecified atom stereocenters. The molecule has 0 bridgehead atoms. The van der Waals surface area contributed by atoms with Crippen LogP contribution in [0.3, 0.4) is 0 Å². The van der Waals surface area contributed by atoms with Crippen LogP contribution in [0.2, 0.25) is 0 Å². The van der Waals surface area contributed by atoms with Gasteiger partial charge in [-0.05, 0) is 32.1 Å². The summed E-state index contributed by atoms with van der Waals surface area (Å²) < 4.78 is 0. The van der Waals surface area contributed by atoms with Gasteiger partial charge in [-0.2, -0.15) is 0 Å². The van der Waals surface area contributed by atoms with E-state index in [0.717, 1.165) is 18.0 Å². The number of hydrogen-bond acceptors (Lipinski definition) is 1. The van der Waals surface area contributed by atoms with Gasteiger partial charge in [-0.3, -0.25) is 0 Å². The van der Waals surface area contributed by atoms with Crippen molar-refractivity contribution in [2.45, 2.75) is 90.6 Å². The SMILES string of the molecule is CCCCCCCC(C)NC1CCCC1C. The molecule has 1 N–H and O–H groups in total. The first-order chi connectivity index (χ1) is 7.74. The van der Waals surface area contributed by atoms with E-state index in [1.54, 1.807) is 0 Å². The fraction of sp³-hybridized carbons (Fsp3) is 1.00. The highest BCUT2D eigenvalue weighted by molar-refractivity contribution is 4.82. The Labute approximate surface area is 102 Å². The van der Waals surface area contributed by atoms with E-state index in [-0.39, 0.29) is 0 Å². The zero-order chi connectivity index (χ0) is 11.8. The average molecular weight is 225 g/mol. The van der Waals surface area contributed by atoms with Crippen LogP contribution >= 0.6 is 0 Å². The highest BCUT2D eigenvalue weighted by Crippen LogP contribution is 2.25. The lowest BCUT2D eigenvalue weighted by Crippen LogP contribution is -2.37. The molecular formula is C15H31N. The summed E-state index contributed by atoms with van der Waals surface area (Å²) >= 11 is 0. The fourth-order valence-electron chi connectivity index (χ4n) is 2.90. The van der Waals surface area contributed by atoms with E-state index in [9.17, 15) is 0 Å². The largest absolute Gasteiger partial charge is 0.311 e. The van der Waals surface area contributed by atoms with Crippen molar-refractivity contribution < 1.29 is 0 Å². The first-order valence-corrected chi connectivity index (χ1v) is 7.50. The lowest BCUT2D eigenvalue weighted by molar-refractivity contribution is 0.365. The summed E-state index contributed by atoms with van der Waals surface area (Å²) in [6, 6.07) is 1.54. The van der Waals surface area contributed by atoms with Crippen LogP contribution in [0.5, 0.6) is 0 Å². The molecule has 0 heterocycles. The van der Waals surface area contributed by atoms with E-state index >= 15 is 0 Å². The van der Waals surface area contributed by atoms with Crippen molar-refractivity contribution in [2.24, 2.45) is 5.92 Å². The summed E-state index contributed by atoms with van der Waals surface area (Å²) in [6.07, 6.45) is 12.7. The van der Waals surface area contributed by atoms with Crippen LogP contribution < -0.4 is 5.32 Å². The molecule has 0 amide bonds. The molecule has 3 atom stereocenters. The average Bonchev–Trinajstić information content (AvgIpc) is 2.64. The molecule has 1 heteroatoms. The van der Waals surface area contributed by atoms with E-state index in [4.69, 9.17) is 0 Å². The molecule has 1 nitrogen and oxygen atoms in total. The van der Waals surface area contributed by atoms with E-state index < -0.39 is 0 Å². The summed E-state index contributed by atoms with van der Waals surface area (Å²) in [7, 11) is 0. The topological polar surface area (TPSA) is 12.0 Å². The van der Waals surface area contributed by atoms with Crippen molar-refractivity contribution >= 4 is 0 Å². The minimum atomic E-state index is 0.729. The van der Waals surface area contributed by atoms with Crippen LogP contribution in [-0.2, 0) is 0 Å². The smallest absolute Gasteiger partial charge is 0.00951 e. The monoisotopic (exact) mass is 225 g/mol. The molecule has 0 aliphatic heterocycles. The summed E-state index contributed by atoms with van der Waals surface area (Å²) in [5, 5.41) is 3.82. The van der Waals surface area contributed by atoms with Crippen LogP contribution in [0.4, 0.5) is 0 Å². The number of unbranched alkanes of at least 4 members (excludes halogenated alkanes) is 4. The maximum absolute atomic E-state index is 3.82. The van der Waals surface area contributed by atoms with E-state index in [1.807, 2.05) is 0 Å². The first kappa shape index (κ1) is 14.0. The van der Waals surface area contributed by atoms with Gasteiger partial charge in [0.2, 0.25) is 0 Å². The normalized spacial score (nSPS) is 27.2. The van der Waals surface area contributed by atoms with Crippen LogP contribution in [-0.4, -0.2) is 12.1 Å². The second kappa shape index (κ2) is 8.11. The molecule has 96 valence electrons. The first-order valence-electron chi connectivity index (χ1n) is 7.50. The highest BCUT2D eigenvalue weighted by Gasteiger charge is 2.23. The molecule has 1 saturated carbocycles. The molecule has 1 aliphatic rings. The Morgan fingerprint density at radius 3 is 2.50 bits per heavy atom. The van der Waals surface area contributed by atoms with Crippen LogP contribution in [0.1, 0.15) is 78.6 Å². The molecule has 0 aromatic heterocycles. The van der Waals surface area contributed by atoms with Gasteiger partial charge < -0.3 is 5.32 Å². The molecule has 0 aromatic carbocycles. The Hall–Kier alpha value is -0.0400. The zero-order valence-corrected chi connectivity index (χ0v) is 11.6. The molecule has 0 radical (unpaired) electrons. The van der Waals surface area contributed by atoms with Crippen molar-refractivity contribution in [2.75, 3.05) is 0 Å². The predicted molar refractivity (Wildman–Crippen MR) is 72.8 cm³/mol. The van der Waals surface area contributed by atoms with Crippen LogP contribution in [0, 0.1) is 5.92 Å². The van der Waals surface area contributed by atoms with Crippen LogP contribution in [0.25, 0.3) is 0 Å². The Kier molecular flexibility index (Phi) is 7.11. The van der Waals surface area contributed by atoms with E-state index in [1.165, 1.54) is 57.8 Å². The Morgan fingerprint density at radius 1 is 1.12 bits per heavy atom. The Balaban J connectivity index is 1.99. The van der Waals surface area contributed by atoms with Gasteiger partial charge in [0.25, 0.3) is 0 Å². The summed E-state index contributed by atoms with van der Waals surface area (Å²) in [5.74, 6) is 0.905. The number of hydrogen-bond donors (Lipinski definition) is 1. The van der Waals surface area contributed by atoms with E-state index in [0.29, 0.717) is 0 Å². The molecular weight excluding hydrogens is 194 g/mol. The predicted octanol–water partition coefficient (Wildman–Crippen LogP) is 4.51. The van der Waals surface area contributed by atoms with Crippen molar-refractivity contribution in [3.8, 4) is 0 Å². The molecule has 1 aliphatic carbocycles. The fourth-order valence-corrected chi connectivity index (χ4v) is 2.90. The molecule has 0 saturated heterocycles. The van der Waals surface area contributed by atoms with Gasteiger partial charge in [0.15, 0.2) is 0 Å².